The number of rotatable bonds is 5. The van der Waals surface area contributed by atoms with Crippen LogP contribution in [0.25, 0.3) is 11.0 Å². The van der Waals surface area contributed by atoms with E-state index in [1.54, 1.807) is 4.90 Å². The molecule has 4 rings (SSSR count). The van der Waals surface area contributed by atoms with E-state index in [0.29, 0.717) is 23.1 Å². The molecule has 0 fully saturated rings. The molecule has 150 valence electrons. The minimum absolute atomic E-state index is 0.110. The largest absolute Gasteiger partial charge is 0.450 e. The third-order valence-electron chi connectivity index (χ3n) is 5.70. The number of aryl methyl sites for hydroxylation is 2. The van der Waals surface area contributed by atoms with E-state index < -0.39 is 6.04 Å². The number of carbonyl (C=O) groups is 1. The van der Waals surface area contributed by atoms with Crippen molar-refractivity contribution in [1.82, 2.24) is 9.80 Å². The van der Waals surface area contributed by atoms with Crippen LogP contribution in [-0.4, -0.2) is 42.9 Å². The normalized spacial score (nSPS) is 16.1. The first-order valence-corrected chi connectivity index (χ1v) is 9.97. The van der Waals surface area contributed by atoms with Crippen molar-refractivity contribution in [2.24, 2.45) is 0 Å². The molecule has 1 atom stereocenters. The lowest BCUT2D eigenvalue weighted by Gasteiger charge is -2.25. The Labute approximate surface area is 170 Å². The zero-order valence-corrected chi connectivity index (χ0v) is 17.4. The Bertz CT molecular complexity index is 1130. The lowest BCUT2D eigenvalue weighted by molar-refractivity contribution is 0.0722. The molecule has 0 N–H and O–H groups in total. The summed E-state index contributed by atoms with van der Waals surface area (Å²) in [5, 5.41) is 0.538. The molecule has 0 saturated carbocycles. The summed E-state index contributed by atoms with van der Waals surface area (Å²) in [6.07, 6.45) is 0.821. The maximum Gasteiger partial charge on any atom is 0.290 e. The first-order valence-electron chi connectivity index (χ1n) is 9.97. The van der Waals surface area contributed by atoms with Gasteiger partial charge in [-0.05, 0) is 69.7 Å². The molecule has 2 heterocycles. The number of carbonyl (C=O) groups excluding carboxylic acids is 1. The first-order chi connectivity index (χ1) is 13.9. The highest BCUT2D eigenvalue weighted by atomic mass is 16.3. The summed E-state index contributed by atoms with van der Waals surface area (Å²) in [4.78, 5) is 30.7. The molecule has 0 spiro atoms. The third-order valence-corrected chi connectivity index (χ3v) is 5.70. The fourth-order valence-corrected chi connectivity index (χ4v) is 4.05. The van der Waals surface area contributed by atoms with E-state index in [0.717, 1.165) is 29.7 Å². The molecular weight excluding hydrogens is 364 g/mol. The predicted octanol–water partition coefficient (Wildman–Crippen LogP) is 3.91. The zero-order valence-electron chi connectivity index (χ0n) is 17.4. The number of nitrogens with zero attached hydrogens (tertiary/aromatic N) is 2. The zero-order chi connectivity index (χ0) is 20.7. The number of hydrogen-bond donors (Lipinski definition) is 0. The summed E-state index contributed by atoms with van der Waals surface area (Å²) in [5.41, 5.74) is 3.83. The van der Waals surface area contributed by atoms with Gasteiger partial charge >= 0.3 is 0 Å². The third kappa shape index (κ3) is 3.36. The predicted molar refractivity (Wildman–Crippen MR) is 114 cm³/mol. The van der Waals surface area contributed by atoms with E-state index in [-0.39, 0.29) is 17.1 Å². The van der Waals surface area contributed by atoms with Crippen molar-refractivity contribution < 1.29 is 9.21 Å². The van der Waals surface area contributed by atoms with Crippen molar-refractivity contribution in [3.8, 4) is 0 Å². The van der Waals surface area contributed by atoms with Crippen molar-refractivity contribution in [3.05, 3.63) is 80.7 Å². The SMILES string of the molecule is Cc1cc2oc3c(c(=O)c2cc1C)[C@@H](c1ccccc1)N(CCCN(C)C)C3=O. The van der Waals surface area contributed by atoms with Crippen LogP contribution in [-0.2, 0) is 0 Å². The van der Waals surface area contributed by atoms with Crippen LogP contribution < -0.4 is 5.43 Å². The van der Waals surface area contributed by atoms with Crippen LogP contribution in [0.5, 0.6) is 0 Å². The molecule has 0 aliphatic carbocycles. The van der Waals surface area contributed by atoms with Gasteiger partial charge in [0.15, 0.2) is 5.43 Å². The Balaban J connectivity index is 1.89. The first kappa shape index (κ1) is 19.4. The second-order valence-electron chi connectivity index (χ2n) is 8.08. The highest BCUT2D eigenvalue weighted by Gasteiger charge is 2.42. The molecule has 0 unspecified atom stereocenters. The van der Waals surface area contributed by atoms with Gasteiger partial charge < -0.3 is 14.2 Å². The molecule has 29 heavy (non-hydrogen) atoms. The van der Waals surface area contributed by atoms with Gasteiger partial charge in [0.1, 0.15) is 5.58 Å². The molecule has 1 aliphatic heterocycles. The maximum atomic E-state index is 13.5. The quantitative estimate of drug-likeness (QED) is 0.663. The summed E-state index contributed by atoms with van der Waals surface area (Å²) in [6, 6.07) is 13.1. The van der Waals surface area contributed by atoms with Gasteiger partial charge in [0.05, 0.1) is 17.0 Å². The molecule has 3 aromatic rings. The van der Waals surface area contributed by atoms with Crippen LogP contribution in [0.1, 0.15) is 45.3 Å². The summed E-state index contributed by atoms with van der Waals surface area (Å²) in [7, 11) is 4.02. The Hall–Kier alpha value is -2.92. The minimum atomic E-state index is -0.414. The molecule has 0 saturated heterocycles. The molecule has 2 aromatic carbocycles. The highest BCUT2D eigenvalue weighted by Crippen LogP contribution is 2.38. The lowest BCUT2D eigenvalue weighted by atomic mass is 9.97. The summed E-state index contributed by atoms with van der Waals surface area (Å²) in [5.74, 6) is -0.0192. The molecule has 1 aliphatic rings. The van der Waals surface area contributed by atoms with Crippen LogP contribution in [0.3, 0.4) is 0 Å². The van der Waals surface area contributed by atoms with Gasteiger partial charge in [-0.2, -0.15) is 0 Å². The van der Waals surface area contributed by atoms with Crippen LogP contribution >= 0.6 is 0 Å². The van der Waals surface area contributed by atoms with Crippen molar-refractivity contribution in [3.63, 3.8) is 0 Å². The standard InChI is InChI=1S/C24H26N2O3/c1-15-13-18-19(14-16(15)2)29-23-20(22(18)27)21(17-9-6-5-7-10-17)26(24(23)28)12-8-11-25(3)4/h5-7,9-10,13-14,21H,8,11-12H2,1-4H3/t21-/m1/s1. The van der Waals surface area contributed by atoms with Crippen molar-refractivity contribution >= 4 is 16.9 Å². The second kappa shape index (κ2) is 7.48. The minimum Gasteiger partial charge on any atom is -0.450 e. The van der Waals surface area contributed by atoms with E-state index >= 15 is 0 Å². The van der Waals surface area contributed by atoms with E-state index in [1.807, 2.05) is 70.4 Å². The average molecular weight is 390 g/mol. The molecule has 0 bridgehead atoms. The molecule has 1 amide bonds. The van der Waals surface area contributed by atoms with Crippen molar-refractivity contribution in [1.29, 1.82) is 0 Å². The number of hydrogen-bond acceptors (Lipinski definition) is 4. The fourth-order valence-electron chi connectivity index (χ4n) is 4.05. The molecule has 0 radical (unpaired) electrons. The topological polar surface area (TPSA) is 53.8 Å². The van der Waals surface area contributed by atoms with Crippen LogP contribution in [0.4, 0.5) is 0 Å². The van der Waals surface area contributed by atoms with Gasteiger partial charge in [0.2, 0.25) is 5.76 Å². The van der Waals surface area contributed by atoms with Gasteiger partial charge in [-0.1, -0.05) is 30.3 Å². The number of benzene rings is 2. The van der Waals surface area contributed by atoms with Crippen molar-refractivity contribution in [2.75, 3.05) is 27.2 Å². The Morgan fingerprint density at radius 1 is 1.03 bits per heavy atom. The average Bonchev–Trinajstić information content (AvgIpc) is 2.97. The summed E-state index contributed by atoms with van der Waals surface area (Å²) < 4.78 is 6.04. The maximum absolute atomic E-state index is 13.5. The van der Waals surface area contributed by atoms with Gasteiger partial charge in [-0.3, -0.25) is 9.59 Å². The van der Waals surface area contributed by atoms with Gasteiger partial charge in [-0.15, -0.1) is 0 Å². The molecular formula is C24H26N2O3. The summed E-state index contributed by atoms with van der Waals surface area (Å²) in [6.45, 7) is 5.39. The second-order valence-corrected chi connectivity index (χ2v) is 8.08. The highest BCUT2D eigenvalue weighted by molar-refractivity contribution is 5.99. The Morgan fingerprint density at radius 3 is 2.41 bits per heavy atom. The van der Waals surface area contributed by atoms with Crippen LogP contribution in [0, 0.1) is 13.8 Å². The van der Waals surface area contributed by atoms with Crippen molar-refractivity contribution in [2.45, 2.75) is 26.3 Å². The van der Waals surface area contributed by atoms with Gasteiger partial charge in [0.25, 0.3) is 5.91 Å². The smallest absolute Gasteiger partial charge is 0.290 e. The molecule has 1 aromatic heterocycles. The lowest BCUT2D eigenvalue weighted by Crippen LogP contribution is -2.32. The van der Waals surface area contributed by atoms with Crippen LogP contribution in [0.2, 0.25) is 0 Å². The summed E-state index contributed by atoms with van der Waals surface area (Å²) >= 11 is 0. The molecule has 5 heteroatoms. The fraction of sp³-hybridized carbons (Fsp3) is 0.333. The number of fused-ring (bicyclic) bond motifs is 2. The van der Waals surface area contributed by atoms with E-state index in [1.165, 1.54) is 0 Å². The van der Waals surface area contributed by atoms with Crippen LogP contribution in [0.15, 0.2) is 51.7 Å². The van der Waals surface area contributed by atoms with E-state index in [4.69, 9.17) is 4.42 Å². The molecule has 5 nitrogen and oxygen atoms in total. The Kier molecular flexibility index (Phi) is 5.01. The monoisotopic (exact) mass is 390 g/mol. The van der Waals surface area contributed by atoms with Gasteiger partial charge in [0, 0.05) is 6.54 Å². The van der Waals surface area contributed by atoms with Gasteiger partial charge in [-0.25, -0.2) is 0 Å². The van der Waals surface area contributed by atoms with E-state index in [9.17, 15) is 9.59 Å². The Morgan fingerprint density at radius 2 is 1.72 bits per heavy atom. The number of amides is 1. The van der Waals surface area contributed by atoms with E-state index in [2.05, 4.69) is 4.90 Å².